The van der Waals surface area contributed by atoms with Crippen LogP contribution in [-0.4, -0.2) is 24.4 Å². The summed E-state index contributed by atoms with van der Waals surface area (Å²) < 4.78 is 1.06. The van der Waals surface area contributed by atoms with Gasteiger partial charge in [0.2, 0.25) is 5.91 Å². The number of nitrogens with one attached hydrogen (secondary N) is 1. The molecule has 24 heavy (non-hydrogen) atoms. The normalized spacial score (nSPS) is 10.9. The van der Waals surface area contributed by atoms with Crippen LogP contribution in [0.3, 0.4) is 0 Å². The summed E-state index contributed by atoms with van der Waals surface area (Å²) >= 11 is 3.44. The van der Waals surface area contributed by atoms with Gasteiger partial charge in [0.15, 0.2) is 0 Å². The summed E-state index contributed by atoms with van der Waals surface area (Å²) in [6, 6.07) is 14.4. The predicted octanol–water partition coefficient (Wildman–Crippen LogP) is 4.64. The van der Waals surface area contributed by atoms with Gasteiger partial charge in [0.1, 0.15) is 0 Å². The van der Waals surface area contributed by atoms with Crippen molar-refractivity contribution in [2.75, 3.05) is 18.9 Å². The van der Waals surface area contributed by atoms with Crippen molar-refractivity contribution in [2.24, 2.45) is 0 Å². The molecule has 0 unspecified atom stereocenters. The van der Waals surface area contributed by atoms with E-state index in [0.717, 1.165) is 29.5 Å². The Hall–Kier alpha value is -1.65. The number of aryl methyl sites for hydroxylation is 2. The molecule has 2 aromatic carbocycles. The smallest absolute Gasteiger partial charge is 0.238 e. The second-order valence-corrected chi connectivity index (χ2v) is 6.92. The lowest BCUT2D eigenvalue weighted by Crippen LogP contribution is -2.30. The van der Waals surface area contributed by atoms with Crippen molar-refractivity contribution in [3.63, 3.8) is 0 Å². The van der Waals surface area contributed by atoms with E-state index in [0.29, 0.717) is 6.54 Å². The number of anilines is 1. The maximum Gasteiger partial charge on any atom is 0.238 e. The van der Waals surface area contributed by atoms with Gasteiger partial charge in [-0.1, -0.05) is 60.1 Å². The van der Waals surface area contributed by atoms with Gasteiger partial charge in [-0.25, -0.2) is 0 Å². The zero-order chi connectivity index (χ0) is 17.5. The van der Waals surface area contributed by atoms with Gasteiger partial charge in [0.05, 0.1) is 6.54 Å². The minimum atomic E-state index is 0.0326. The molecule has 0 aliphatic heterocycles. The molecule has 0 radical (unpaired) electrons. The summed E-state index contributed by atoms with van der Waals surface area (Å²) in [7, 11) is 1.97. The minimum Gasteiger partial charge on any atom is -0.324 e. The van der Waals surface area contributed by atoms with Crippen molar-refractivity contribution < 1.29 is 4.79 Å². The molecule has 0 saturated heterocycles. The second-order valence-electron chi connectivity index (χ2n) is 6.01. The average molecular weight is 389 g/mol. The highest BCUT2D eigenvalue weighted by molar-refractivity contribution is 9.10. The molecule has 0 saturated carbocycles. The average Bonchev–Trinajstić information content (AvgIpc) is 2.57. The Balaban J connectivity index is 1.99. The third-order valence-corrected chi connectivity index (χ3v) is 4.57. The summed E-state index contributed by atoms with van der Waals surface area (Å²) in [5, 5.41) is 3.12. The lowest BCUT2D eigenvalue weighted by atomic mass is 10.0. The van der Waals surface area contributed by atoms with Gasteiger partial charge in [-0.2, -0.15) is 0 Å². The van der Waals surface area contributed by atoms with E-state index in [2.05, 4.69) is 65.4 Å². The van der Waals surface area contributed by atoms with Crippen molar-refractivity contribution in [1.29, 1.82) is 0 Å². The molecular weight excluding hydrogens is 364 g/mol. The Morgan fingerprint density at radius 1 is 1.04 bits per heavy atom. The summed E-state index contributed by atoms with van der Waals surface area (Å²) in [6.07, 6.45) is 1.83. The lowest BCUT2D eigenvalue weighted by molar-refractivity contribution is -0.117. The van der Waals surface area contributed by atoms with E-state index in [9.17, 15) is 4.79 Å². The standard InChI is InChI=1S/C20H25BrN2O/c1-4-16-7-6-8-17(5-2)20(16)22-19(24)14-23(3)13-15-9-11-18(21)12-10-15/h6-12H,4-5,13-14H2,1-3H3,(H,22,24). The van der Waals surface area contributed by atoms with Crippen LogP contribution in [0.4, 0.5) is 5.69 Å². The first-order chi connectivity index (χ1) is 11.5. The highest BCUT2D eigenvalue weighted by Crippen LogP contribution is 2.22. The molecule has 1 amide bonds. The number of para-hydroxylation sites is 1. The van der Waals surface area contributed by atoms with E-state index < -0.39 is 0 Å². The number of carbonyl (C=O) groups excluding carboxylic acids is 1. The molecule has 1 N–H and O–H groups in total. The number of hydrogen-bond donors (Lipinski definition) is 1. The quantitative estimate of drug-likeness (QED) is 0.748. The van der Waals surface area contributed by atoms with Crippen LogP contribution in [0.15, 0.2) is 46.9 Å². The molecule has 0 bridgehead atoms. The highest BCUT2D eigenvalue weighted by Gasteiger charge is 2.12. The van der Waals surface area contributed by atoms with Crippen molar-refractivity contribution >= 4 is 27.5 Å². The van der Waals surface area contributed by atoms with Gasteiger partial charge in [-0.3, -0.25) is 9.69 Å². The molecule has 0 aliphatic carbocycles. The maximum absolute atomic E-state index is 12.4. The zero-order valence-corrected chi connectivity index (χ0v) is 16.2. The summed E-state index contributed by atoms with van der Waals surface area (Å²) in [5.41, 5.74) is 4.57. The van der Waals surface area contributed by atoms with Gasteiger partial charge in [-0.15, -0.1) is 0 Å². The molecule has 0 fully saturated rings. The molecule has 2 aromatic rings. The number of halogens is 1. The third kappa shape index (κ3) is 5.18. The summed E-state index contributed by atoms with van der Waals surface area (Å²) in [5.74, 6) is 0.0326. The number of amides is 1. The van der Waals surface area contributed by atoms with Crippen LogP contribution >= 0.6 is 15.9 Å². The number of rotatable bonds is 7. The first kappa shape index (κ1) is 18.7. The van der Waals surface area contributed by atoms with Crippen molar-refractivity contribution in [1.82, 2.24) is 4.90 Å². The van der Waals surface area contributed by atoms with Crippen molar-refractivity contribution in [3.8, 4) is 0 Å². The molecule has 3 nitrogen and oxygen atoms in total. The molecule has 0 spiro atoms. The van der Waals surface area contributed by atoms with E-state index in [-0.39, 0.29) is 5.91 Å². The summed E-state index contributed by atoms with van der Waals surface area (Å²) in [4.78, 5) is 14.5. The van der Waals surface area contributed by atoms with Crippen molar-refractivity contribution in [3.05, 3.63) is 63.6 Å². The number of benzene rings is 2. The Morgan fingerprint density at radius 2 is 1.62 bits per heavy atom. The molecule has 0 aliphatic rings. The van der Waals surface area contributed by atoms with Crippen LogP contribution in [0.1, 0.15) is 30.5 Å². The molecule has 2 rings (SSSR count). The van der Waals surface area contributed by atoms with E-state index in [1.165, 1.54) is 16.7 Å². The lowest BCUT2D eigenvalue weighted by Gasteiger charge is -2.19. The third-order valence-electron chi connectivity index (χ3n) is 4.04. The maximum atomic E-state index is 12.4. The zero-order valence-electron chi connectivity index (χ0n) is 14.6. The van der Waals surface area contributed by atoms with Crippen LogP contribution in [0.5, 0.6) is 0 Å². The largest absolute Gasteiger partial charge is 0.324 e. The van der Waals surface area contributed by atoms with Gasteiger partial charge < -0.3 is 5.32 Å². The molecule has 4 heteroatoms. The number of hydrogen-bond acceptors (Lipinski definition) is 2. The van der Waals surface area contributed by atoms with Crippen LogP contribution in [0.2, 0.25) is 0 Å². The van der Waals surface area contributed by atoms with E-state index >= 15 is 0 Å². The fourth-order valence-electron chi connectivity index (χ4n) is 2.78. The van der Waals surface area contributed by atoms with Crippen LogP contribution in [0.25, 0.3) is 0 Å². The Labute approximate surface area is 153 Å². The fourth-order valence-corrected chi connectivity index (χ4v) is 3.05. The van der Waals surface area contributed by atoms with Crippen LogP contribution in [-0.2, 0) is 24.2 Å². The van der Waals surface area contributed by atoms with Crippen molar-refractivity contribution in [2.45, 2.75) is 33.2 Å². The topological polar surface area (TPSA) is 32.3 Å². The Morgan fingerprint density at radius 3 is 2.17 bits per heavy atom. The van der Waals surface area contributed by atoms with Crippen LogP contribution in [0, 0.1) is 0 Å². The minimum absolute atomic E-state index is 0.0326. The van der Waals surface area contributed by atoms with E-state index in [4.69, 9.17) is 0 Å². The van der Waals surface area contributed by atoms with E-state index in [1.54, 1.807) is 0 Å². The first-order valence-corrected chi connectivity index (χ1v) is 9.16. The van der Waals surface area contributed by atoms with Crippen LogP contribution < -0.4 is 5.32 Å². The SMILES string of the molecule is CCc1cccc(CC)c1NC(=O)CN(C)Cc1ccc(Br)cc1. The van der Waals surface area contributed by atoms with Gasteiger partial charge in [0, 0.05) is 16.7 Å². The molecule has 0 heterocycles. The van der Waals surface area contributed by atoms with Gasteiger partial charge in [-0.05, 0) is 48.7 Å². The molecular formula is C20H25BrN2O. The second kappa shape index (κ2) is 9.00. The molecule has 0 atom stereocenters. The summed E-state index contributed by atoms with van der Waals surface area (Å²) in [6.45, 7) is 5.35. The van der Waals surface area contributed by atoms with Gasteiger partial charge >= 0.3 is 0 Å². The number of nitrogens with zero attached hydrogens (tertiary/aromatic N) is 1. The highest BCUT2D eigenvalue weighted by atomic mass is 79.9. The fraction of sp³-hybridized carbons (Fsp3) is 0.350. The number of carbonyl (C=O) groups is 1. The Kier molecular flexibility index (Phi) is 7.00. The molecule has 128 valence electrons. The monoisotopic (exact) mass is 388 g/mol. The molecule has 0 aromatic heterocycles. The van der Waals surface area contributed by atoms with E-state index in [1.807, 2.05) is 24.1 Å². The first-order valence-electron chi connectivity index (χ1n) is 8.37. The predicted molar refractivity (Wildman–Crippen MR) is 104 cm³/mol. The Bertz CT molecular complexity index is 660. The van der Waals surface area contributed by atoms with Gasteiger partial charge in [0.25, 0.3) is 0 Å². The number of likely N-dealkylation sites (N-methyl/N-ethyl adjacent to an activating group) is 1.